The van der Waals surface area contributed by atoms with Crippen molar-refractivity contribution in [1.82, 2.24) is 24.5 Å². The van der Waals surface area contributed by atoms with Crippen molar-refractivity contribution < 1.29 is 4.21 Å². The zero-order valence-corrected chi connectivity index (χ0v) is 19.7. The predicted molar refractivity (Wildman–Crippen MR) is 126 cm³/mol. The van der Waals surface area contributed by atoms with Crippen LogP contribution in [0.2, 0.25) is 0 Å². The van der Waals surface area contributed by atoms with Gasteiger partial charge >= 0.3 is 0 Å². The summed E-state index contributed by atoms with van der Waals surface area (Å²) in [6.07, 6.45) is 5.45. The largest absolute Gasteiger partial charge is 0.396 e. The first-order chi connectivity index (χ1) is 14.5. The summed E-state index contributed by atoms with van der Waals surface area (Å²) in [6, 6.07) is 1.99. The molecule has 0 aliphatic heterocycles. The number of pyridine rings is 1. The molecule has 4 rings (SSSR count). The van der Waals surface area contributed by atoms with E-state index in [9.17, 15) is 4.21 Å². The van der Waals surface area contributed by atoms with Gasteiger partial charge in [-0.05, 0) is 19.4 Å². The summed E-state index contributed by atoms with van der Waals surface area (Å²) in [5.41, 5.74) is 10.2. The van der Waals surface area contributed by atoms with Gasteiger partial charge in [-0.25, -0.2) is 15.0 Å². The first-order valence-electron chi connectivity index (χ1n) is 10.1. The SMILES string of the molecule is CC.CCCCS(=O)c1[nH]c2nc(-c3nccs3)cc(-c3cnc(C)n3C)c2c1N. The van der Waals surface area contributed by atoms with Crippen molar-refractivity contribution in [3.05, 3.63) is 29.7 Å². The number of nitrogens with zero attached hydrogens (tertiary/aromatic N) is 4. The first kappa shape index (κ1) is 22.2. The fourth-order valence-corrected chi connectivity index (χ4v) is 5.08. The highest BCUT2D eigenvalue weighted by molar-refractivity contribution is 7.85. The minimum absolute atomic E-state index is 0.497. The number of nitrogen functional groups attached to an aromatic ring is 1. The molecule has 160 valence electrons. The van der Waals surface area contributed by atoms with E-state index in [1.54, 1.807) is 6.20 Å². The van der Waals surface area contributed by atoms with Gasteiger partial charge in [-0.1, -0.05) is 27.2 Å². The van der Waals surface area contributed by atoms with Crippen LogP contribution in [-0.4, -0.2) is 34.5 Å². The molecule has 0 saturated carbocycles. The minimum atomic E-state index is -1.19. The zero-order chi connectivity index (χ0) is 21.8. The Bertz CT molecular complexity index is 1160. The molecule has 4 heterocycles. The van der Waals surface area contributed by atoms with Gasteiger partial charge in [0.2, 0.25) is 0 Å². The third kappa shape index (κ3) is 4.04. The summed E-state index contributed by atoms with van der Waals surface area (Å²) in [4.78, 5) is 16.8. The van der Waals surface area contributed by atoms with E-state index in [1.807, 2.05) is 50.0 Å². The first-order valence-corrected chi connectivity index (χ1v) is 12.3. The molecule has 0 aliphatic carbocycles. The van der Waals surface area contributed by atoms with E-state index >= 15 is 0 Å². The zero-order valence-electron chi connectivity index (χ0n) is 18.0. The summed E-state index contributed by atoms with van der Waals surface area (Å²) >= 11 is 1.53. The number of thiazole rings is 1. The molecule has 0 amide bonds. The molecule has 4 aromatic rings. The number of nitrogens with one attached hydrogen (secondary N) is 1. The van der Waals surface area contributed by atoms with Crippen LogP contribution in [0.3, 0.4) is 0 Å². The lowest BCUT2D eigenvalue weighted by atomic mass is 10.1. The molecule has 30 heavy (non-hydrogen) atoms. The number of hydrogen-bond donors (Lipinski definition) is 2. The van der Waals surface area contributed by atoms with Crippen molar-refractivity contribution in [2.45, 2.75) is 45.6 Å². The molecule has 1 unspecified atom stereocenters. The minimum Gasteiger partial charge on any atom is -0.396 e. The van der Waals surface area contributed by atoms with Crippen molar-refractivity contribution in [3.8, 4) is 22.0 Å². The number of fused-ring (bicyclic) bond motifs is 1. The Labute approximate surface area is 183 Å². The third-order valence-electron chi connectivity index (χ3n) is 4.82. The van der Waals surface area contributed by atoms with Crippen molar-refractivity contribution in [3.63, 3.8) is 0 Å². The highest BCUT2D eigenvalue weighted by Gasteiger charge is 2.22. The molecule has 1 atom stereocenters. The molecule has 9 heteroatoms. The summed E-state index contributed by atoms with van der Waals surface area (Å²) in [7, 11) is 0.777. The maximum absolute atomic E-state index is 12.8. The van der Waals surface area contributed by atoms with Crippen LogP contribution in [0, 0.1) is 6.92 Å². The van der Waals surface area contributed by atoms with Crippen LogP contribution < -0.4 is 5.73 Å². The molecular weight excluding hydrogens is 416 g/mol. The Morgan fingerprint density at radius 2 is 2.07 bits per heavy atom. The fourth-order valence-electron chi connectivity index (χ4n) is 3.17. The monoisotopic (exact) mass is 444 g/mol. The summed E-state index contributed by atoms with van der Waals surface area (Å²) < 4.78 is 14.8. The molecule has 0 saturated heterocycles. The average molecular weight is 445 g/mol. The highest BCUT2D eigenvalue weighted by Crippen LogP contribution is 2.38. The molecule has 0 radical (unpaired) electrons. The van der Waals surface area contributed by atoms with Crippen LogP contribution >= 0.6 is 11.3 Å². The molecule has 0 aliphatic rings. The number of anilines is 1. The maximum Gasteiger partial charge on any atom is 0.141 e. The van der Waals surface area contributed by atoms with Crippen molar-refractivity contribution >= 4 is 38.9 Å². The normalized spacial score (nSPS) is 12.0. The van der Waals surface area contributed by atoms with E-state index < -0.39 is 10.8 Å². The van der Waals surface area contributed by atoms with Crippen LogP contribution in [0.5, 0.6) is 0 Å². The van der Waals surface area contributed by atoms with E-state index in [1.165, 1.54) is 11.3 Å². The van der Waals surface area contributed by atoms with E-state index in [-0.39, 0.29) is 0 Å². The van der Waals surface area contributed by atoms with Crippen molar-refractivity contribution in [1.29, 1.82) is 0 Å². The molecule has 4 aromatic heterocycles. The summed E-state index contributed by atoms with van der Waals surface area (Å²) in [6.45, 7) is 8.03. The molecule has 7 nitrogen and oxygen atoms in total. The van der Waals surface area contributed by atoms with E-state index in [0.717, 1.165) is 46.0 Å². The number of aromatic amines is 1. The molecule has 0 spiro atoms. The number of hydrogen-bond acceptors (Lipinski definition) is 6. The van der Waals surface area contributed by atoms with Crippen molar-refractivity contribution in [2.24, 2.45) is 7.05 Å². The lowest BCUT2D eigenvalue weighted by Gasteiger charge is -2.08. The molecule has 0 aromatic carbocycles. The number of nitrogens with two attached hydrogens (primary N) is 1. The van der Waals surface area contributed by atoms with Gasteiger partial charge in [-0.15, -0.1) is 11.3 Å². The van der Waals surface area contributed by atoms with Crippen LogP contribution in [0.25, 0.3) is 33.0 Å². The smallest absolute Gasteiger partial charge is 0.141 e. The van der Waals surface area contributed by atoms with Gasteiger partial charge in [0, 0.05) is 29.9 Å². The second-order valence-electron chi connectivity index (χ2n) is 6.64. The van der Waals surface area contributed by atoms with Crippen molar-refractivity contribution in [2.75, 3.05) is 11.5 Å². The average Bonchev–Trinajstić information content (AvgIpc) is 3.48. The number of aryl methyl sites for hydroxylation is 1. The van der Waals surface area contributed by atoms with E-state index in [0.29, 0.717) is 22.1 Å². The topological polar surface area (TPSA) is 102 Å². The molecular formula is C21H28N6OS2. The van der Waals surface area contributed by atoms with Gasteiger partial charge in [0.05, 0.1) is 33.8 Å². The Morgan fingerprint density at radius 3 is 2.67 bits per heavy atom. The molecule has 0 bridgehead atoms. The Hall–Kier alpha value is -2.52. The number of unbranched alkanes of at least 4 members (excludes halogenated alkanes) is 1. The van der Waals surface area contributed by atoms with Crippen LogP contribution in [-0.2, 0) is 17.8 Å². The second kappa shape index (κ2) is 9.53. The predicted octanol–water partition coefficient (Wildman–Crippen LogP) is 4.91. The maximum atomic E-state index is 12.8. The third-order valence-corrected chi connectivity index (χ3v) is 7.06. The Balaban J connectivity index is 0.00000124. The molecule has 3 N–H and O–H groups in total. The van der Waals surface area contributed by atoms with Gasteiger partial charge in [0.15, 0.2) is 0 Å². The van der Waals surface area contributed by atoms with Gasteiger partial charge in [-0.3, -0.25) is 4.21 Å². The quantitative estimate of drug-likeness (QED) is 0.440. The second-order valence-corrected chi connectivity index (χ2v) is 9.04. The Morgan fingerprint density at radius 1 is 1.30 bits per heavy atom. The highest BCUT2D eigenvalue weighted by atomic mass is 32.2. The lowest BCUT2D eigenvalue weighted by Crippen LogP contribution is -2.01. The number of imidazole rings is 1. The standard InChI is InChI=1S/C19H22N6OS2.C2H6/c1-4-5-8-28(26)19-16(20)15-12(14-10-22-11(2)25(14)3)9-13(23-17(15)24-19)18-21-6-7-27-18;1-2/h6-7,9-10H,4-5,8,20H2,1-3H3,(H,23,24);1-2H3. The van der Waals surface area contributed by atoms with Gasteiger partial charge < -0.3 is 15.3 Å². The number of rotatable bonds is 6. The number of aromatic nitrogens is 5. The van der Waals surface area contributed by atoms with E-state index in [2.05, 4.69) is 21.9 Å². The lowest BCUT2D eigenvalue weighted by molar-refractivity contribution is 0.678. The summed E-state index contributed by atoms with van der Waals surface area (Å²) in [5.74, 6) is 1.48. The number of H-pyrrole nitrogens is 1. The summed E-state index contributed by atoms with van der Waals surface area (Å²) in [5, 5.41) is 4.07. The van der Waals surface area contributed by atoms with Gasteiger partial charge in [0.1, 0.15) is 27.2 Å². The Kier molecular flexibility index (Phi) is 7.04. The van der Waals surface area contributed by atoms with Crippen LogP contribution in [0.1, 0.15) is 39.4 Å². The van der Waals surface area contributed by atoms with Gasteiger partial charge in [0.25, 0.3) is 0 Å². The van der Waals surface area contributed by atoms with Crippen LogP contribution in [0.15, 0.2) is 28.9 Å². The van der Waals surface area contributed by atoms with Crippen LogP contribution in [0.4, 0.5) is 5.69 Å². The van der Waals surface area contributed by atoms with Gasteiger partial charge in [-0.2, -0.15) is 0 Å². The fraction of sp³-hybridized carbons (Fsp3) is 0.381. The van der Waals surface area contributed by atoms with E-state index in [4.69, 9.17) is 10.7 Å². The molecule has 0 fully saturated rings.